The third-order valence-corrected chi connectivity index (χ3v) is 3.74. The second kappa shape index (κ2) is 6.46. The predicted molar refractivity (Wildman–Crippen MR) is 66.9 cm³/mol. The van der Waals surface area contributed by atoms with Crippen LogP contribution in [0.1, 0.15) is 6.92 Å². The lowest BCUT2D eigenvalue weighted by molar-refractivity contribution is -0.308. The van der Waals surface area contributed by atoms with Crippen molar-refractivity contribution in [3.63, 3.8) is 0 Å². The molecule has 1 rings (SSSR count). The summed E-state index contributed by atoms with van der Waals surface area (Å²) >= 11 is 0. The van der Waals surface area contributed by atoms with E-state index in [-0.39, 0.29) is 10.8 Å². The lowest BCUT2D eigenvalue weighted by Crippen LogP contribution is -2.49. The van der Waals surface area contributed by atoms with E-state index in [0.29, 0.717) is 5.69 Å². The Kier molecular flexibility index (Phi) is 5.19. The van der Waals surface area contributed by atoms with Crippen LogP contribution in [-0.4, -0.2) is 38.0 Å². The van der Waals surface area contributed by atoms with Gasteiger partial charge < -0.3 is 20.3 Å². The molecule has 0 radical (unpaired) electrons. The summed E-state index contributed by atoms with van der Waals surface area (Å²) in [5, 5.41) is 21.8. The maximum absolute atomic E-state index is 11.8. The third-order valence-electron chi connectivity index (χ3n) is 2.25. The summed E-state index contributed by atoms with van der Waals surface area (Å²) in [5.74, 6) is -2.04. The molecule has 0 saturated carbocycles. The number of aliphatic hydroxyl groups excluding tert-OH is 1. The second-order valence-corrected chi connectivity index (χ2v) is 5.60. The van der Waals surface area contributed by atoms with Gasteiger partial charge in [-0.3, -0.25) is 4.79 Å². The number of carboxylic acid groups (broad SMARTS) is 1. The van der Waals surface area contributed by atoms with E-state index >= 15 is 0 Å². The van der Waals surface area contributed by atoms with Crippen molar-refractivity contribution in [3.05, 3.63) is 24.3 Å². The molecule has 1 unspecified atom stereocenters. The van der Waals surface area contributed by atoms with E-state index in [9.17, 15) is 23.1 Å². The number of amides is 1. The lowest BCUT2D eigenvalue weighted by atomic mass is 10.3. The highest BCUT2D eigenvalue weighted by molar-refractivity contribution is 7.89. The van der Waals surface area contributed by atoms with Crippen molar-refractivity contribution >= 4 is 27.6 Å². The van der Waals surface area contributed by atoms with Crippen molar-refractivity contribution < 1.29 is 28.2 Å². The molecule has 0 aliphatic heterocycles. The first-order chi connectivity index (χ1) is 9.26. The molecule has 0 saturated heterocycles. The number of carbonyl (C=O) groups excluding carboxylic acids is 2. The highest BCUT2D eigenvalue weighted by Gasteiger charge is 2.20. The molecule has 0 fully saturated rings. The first kappa shape index (κ1) is 16.1. The molecule has 0 heterocycles. The molecule has 1 amide bonds. The summed E-state index contributed by atoms with van der Waals surface area (Å²) in [4.78, 5) is 21.2. The normalized spacial score (nSPS) is 12.7. The Morgan fingerprint density at radius 2 is 1.85 bits per heavy atom. The Labute approximate surface area is 115 Å². The average molecular weight is 301 g/mol. The molecule has 110 valence electrons. The zero-order valence-electron chi connectivity index (χ0n) is 10.5. The van der Waals surface area contributed by atoms with E-state index in [4.69, 9.17) is 5.11 Å². The molecule has 9 heteroatoms. The van der Waals surface area contributed by atoms with Gasteiger partial charge in [0.1, 0.15) is 0 Å². The molecule has 0 bridgehead atoms. The van der Waals surface area contributed by atoms with Gasteiger partial charge in [0.15, 0.2) is 0 Å². The SMILES string of the molecule is CC(=O)Nc1ccc(S(=O)(=O)NC(CO)C(=O)[O-])cc1. The van der Waals surface area contributed by atoms with Crippen molar-refractivity contribution in [1.82, 2.24) is 4.72 Å². The minimum absolute atomic E-state index is 0.202. The number of benzene rings is 1. The number of carbonyl (C=O) groups is 2. The number of anilines is 1. The molecule has 3 N–H and O–H groups in total. The van der Waals surface area contributed by atoms with Crippen molar-refractivity contribution in [2.45, 2.75) is 17.9 Å². The Hall–Kier alpha value is -1.97. The Balaban J connectivity index is 2.92. The minimum atomic E-state index is -4.11. The number of sulfonamides is 1. The van der Waals surface area contributed by atoms with Crippen LogP contribution in [-0.2, 0) is 19.6 Å². The largest absolute Gasteiger partial charge is 0.548 e. The van der Waals surface area contributed by atoms with E-state index in [1.54, 1.807) is 4.72 Å². The van der Waals surface area contributed by atoms with E-state index < -0.39 is 28.6 Å². The molecule has 8 nitrogen and oxygen atoms in total. The molecule has 1 aromatic carbocycles. The zero-order valence-corrected chi connectivity index (χ0v) is 11.3. The molecule has 0 aliphatic carbocycles. The standard InChI is InChI=1S/C11H14N2O6S/c1-7(15)12-8-2-4-9(5-3-8)20(18,19)13-10(6-14)11(16)17/h2-5,10,13-14H,6H2,1H3,(H,12,15)(H,16,17)/p-1. The van der Waals surface area contributed by atoms with Gasteiger partial charge in [-0.15, -0.1) is 0 Å². The smallest absolute Gasteiger partial charge is 0.241 e. The van der Waals surface area contributed by atoms with Crippen LogP contribution in [0.4, 0.5) is 5.69 Å². The second-order valence-electron chi connectivity index (χ2n) is 3.88. The quantitative estimate of drug-likeness (QED) is 0.558. The Morgan fingerprint density at radius 1 is 1.30 bits per heavy atom. The van der Waals surface area contributed by atoms with Gasteiger partial charge in [-0.1, -0.05) is 0 Å². The minimum Gasteiger partial charge on any atom is -0.548 e. The number of rotatable bonds is 6. The van der Waals surface area contributed by atoms with Crippen molar-refractivity contribution in [2.75, 3.05) is 11.9 Å². The maximum atomic E-state index is 11.8. The van der Waals surface area contributed by atoms with E-state index in [0.717, 1.165) is 0 Å². The average Bonchev–Trinajstić information content (AvgIpc) is 2.35. The fraction of sp³-hybridized carbons (Fsp3) is 0.273. The van der Waals surface area contributed by atoms with Crippen LogP contribution in [0.5, 0.6) is 0 Å². The molecule has 1 atom stereocenters. The summed E-state index contributed by atoms with van der Waals surface area (Å²) in [5.41, 5.74) is 0.398. The monoisotopic (exact) mass is 301 g/mol. The van der Waals surface area contributed by atoms with Crippen molar-refractivity contribution in [1.29, 1.82) is 0 Å². The Bertz CT molecular complexity index is 596. The molecule has 1 aromatic rings. The van der Waals surface area contributed by atoms with Gasteiger partial charge in [0.25, 0.3) is 0 Å². The van der Waals surface area contributed by atoms with Crippen LogP contribution in [0.15, 0.2) is 29.2 Å². The van der Waals surface area contributed by atoms with E-state index in [1.807, 2.05) is 0 Å². The highest BCUT2D eigenvalue weighted by atomic mass is 32.2. The highest BCUT2D eigenvalue weighted by Crippen LogP contribution is 2.14. The van der Waals surface area contributed by atoms with Gasteiger partial charge in [0.05, 0.1) is 23.5 Å². The fourth-order valence-corrected chi connectivity index (χ4v) is 2.51. The van der Waals surface area contributed by atoms with Gasteiger partial charge in [0.2, 0.25) is 15.9 Å². The number of aliphatic hydroxyl groups is 1. The third kappa shape index (κ3) is 4.30. The molecule has 20 heavy (non-hydrogen) atoms. The topological polar surface area (TPSA) is 136 Å². The maximum Gasteiger partial charge on any atom is 0.241 e. The van der Waals surface area contributed by atoms with Gasteiger partial charge in [-0.25, -0.2) is 13.1 Å². The molecule has 0 aliphatic rings. The molecular formula is C11H13N2O6S-. The zero-order chi connectivity index (χ0) is 15.3. The summed E-state index contributed by atoms with van der Waals surface area (Å²) in [6.45, 7) is 0.378. The number of aliphatic carboxylic acids is 1. The number of carboxylic acids is 1. The summed E-state index contributed by atoms with van der Waals surface area (Å²) in [6, 6.07) is 3.36. The summed E-state index contributed by atoms with van der Waals surface area (Å²) < 4.78 is 25.5. The van der Waals surface area contributed by atoms with Crippen LogP contribution in [0.25, 0.3) is 0 Å². The van der Waals surface area contributed by atoms with Gasteiger partial charge in [-0.05, 0) is 24.3 Å². The van der Waals surface area contributed by atoms with Gasteiger partial charge in [0, 0.05) is 12.6 Å². The van der Waals surface area contributed by atoms with Crippen molar-refractivity contribution in [2.24, 2.45) is 0 Å². The number of hydrogen-bond acceptors (Lipinski definition) is 6. The fourth-order valence-electron chi connectivity index (χ4n) is 1.34. The Morgan fingerprint density at radius 3 is 2.25 bits per heavy atom. The van der Waals surface area contributed by atoms with Crippen LogP contribution in [0.2, 0.25) is 0 Å². The van der Waals surface area contributed by atoms with Gasteiger partial charge >= 0.3 is 0 Å². The van der Waals surface area contributed by atoms with Crippen molar-refractivity contribution in [3.8, 4) is 0 Å². The lowest BCUT2D eigenvalue weighted by Gasteiger charge is -2.17. The van der Waals surface area contributed by atoms with Gasteiger partial charge in [-0.2, -0.15) is 0 Å². The van der Waals surface area contributed by atoms with Crippen LogP contribution < -0.4 is 15.1 Å². The van der Waals surface area contributed by atoms with Crippen LogP contribution >= 0.6 is 0 Å². The molecular weight excluding hydrogens is 288 g/mol. The van der Waals surface area contributed by atoms with Crippen LogP contribution in [0.3, 0.4) is 0 Å². The first-order valence-electron chi connectivity index (χ1n) is 5.48. The summed E-state index contributed by atoms with van der Waals surface area (Å²) in [7, 11) is -4.11. The molecule has 0 aromatic heterocycles. The molecule has 0 spiro atoms. The first-order valence-corrected chi connectivity index (χ1v) is 6.96. The van der Waals surface area contributed by atoms with Crippen LogP contribution in [0, 0.1) is 0 Å². The van der Waals surface area contributed by atoms with E-state index in [2.05, 4.69) is 5.32 Å². The number of nitrogens with one attached hydrogen (secondary N) is 2. The number of hydrogen-bond donors (Lipinski definition) is 3. The summed E-state index contributed by atoms with van der Waals surface area (Å²) in [6.07, 6.45) is 0. The predicted octanol–water partition coefficient (Wildman–Crippen LogP) is -1.97. The van der Waals surface area contributed by atoms with E-state index in [1.165, 1.54) is 31.2 Å².